The number of anilines is 2. The molecule has 5 aromatic rings. The third kappa shape index (κ3) is 4.68. The van der Waals surface area contributed by atoms with Gasteiger partial charge in [0.25, 0.3) is 11.8 Å². The van der Waals surface area contributed by atoms with Gasteiger partial charge in [0.05, 0.1) is 40.1 Å². The van der Waals surface area contributed by atoms with Crippen molar-refractivity contribution in [3.63, 3.8) is 0 Å². The van der Waals surface area contributed by atoms with E-state index in [2.05, 4.69) is 5.43 Å². The van der Waals surface area contributed by atoms with Crippen LogP contribution < -0.4 is 10.3 Å². The highest BCUT2D eigenvalue weighted by molar-refractivity contribution is 6.23. The summed E-state index contributed by atoms with van der Waals surface area (Å²) in [4.78, 5) is 72.1. The van der Waals surface area contributed by atoms with Crippen molar-refractivity contribution in [2.75, 3.05) is 10.3 Å². The van der Waals surface area contributed by atoms with Crippen molar-refractivity contribution in [2.24, 2.45) is 23.7 Å². The highest BCUT2D eigenvalue weighted by Gasteiger charge is 2.70. The molecule has 10 nitrogen and oxygen atoms in total. The molecule has 3 fully saturated rings. The number of nitrogens with one attached hydrogen (secondary N) is 1. The van der Waals surface area contributed by atoms with E-state index in [9.17, 15) is 29.4 Å². The summed E-state index contributed by atoms with van der Waals surface area (Å²) in [6.07, 6.45) is 2.21. The molecule has 2 heterocycles. The third-order valence-corrected chi connectivity index (χ3v) is 12.0. The summed E-state index contributed by atoms with van der Waals surface area (Å²) in [6, 6.07) is 33.3. The Bertz CT molecular complexity index is 2460. The topological polar surface area (TPSA) is 144 Å². The molecule has 54 heavy (non-hydrogen) atoms. The molecule has 10 heteroatoms. The zero-order valence-corrected chi connectivity index (χ0v) is 29.2. The minimum Gasteiger partial charge on any atom is -0.508 e. The van der Waals surface area contributed by atoms with Crippen molar-refractivity contribution in [1.29, 1.82) is 0 Å². The molecule has 6 atom stereocenters. The number of aryl methyl sites for hydroxylation is 1. The fourth-order valence-electron chi connectivity index (χ4n) is 9.68. The van der Waals surface area contributed by atoms with E-state index in [1.54, 1.807) is 24.3 Å². The number of hydrazine groups is 1. The molecule has 0 radical (unpaired) electrons. The second-order valence-corrected chi connectivity index (χ2v) is 14.7. The molecule has 268 valence electrons. The van der Waals surface area contributed by atoms with Gasteiger partial charge in [-0.25, -0.2) is 4.79 Å². The molecule has 9 rings (SSSR count). The number of aromatic carboxylic acids is 1. The van der Waals surface area contributed by atoms with Gasteiger partial charge in [0.2, 0.25) is 11.8 Å². The summed E-state index contributed by atoms with van der Waals surface area (Å²) in [5.74, 6) is -7.34. The molecular weight excluding hydrogens is 682 g/mol. The van der Waals surface area contributed by atoms with Crippen LogP contribution in [0.4, 0.5) is 11.4 Å². The van der Waals surface area contributed by atoms with Gasteiger partial charge in [0, 0.05) is 11.5 Å². The van der Waals surface area contributed by atoms with Gasteiger partial charge >= 0.3 is 5.97 Å². The molecule has 2 saturated heterocycles. The van der Waals surface area contributed by atoms with Gasteiger partial charge in [-0.1, -0.05) is 96.1 Å². The number of benzene rings is 5. The lowest BCUT2D eigenvalue weighted by molar-refractivity contribution is -0.138. The number of carbonyl (C=O) groups excluding carboxylic acids is 4. The molecular formula is C44H35N3O7. The zero-order valence-electron chi connectivity index (χ0n) is 29.2. The smallest absolute Gasteiger partial charge is 0.335 e. The average molecular weight is 718 g/mol. The largest absolute Gasteiger partial charge is 0.508 e. The van der Waals surface area contributed by atoms with Crippen molar-refractivity contribution >= 4 is 51.7 Å². The number of nitrogens with zero attached hydrogens (tertiary/aromatic N) is 2. The second kappa shape index (κ2) is 12.3. The summed E-state index contributed by atoms with van der Waals surface area (Å²) < 4.78 is 0. The molecule has 0 bridgehead atoms. The van der Waals surface area contributed by atoms with Crippen molar-refractivity contribution in [3.8, 4) is 5.75 Å². The van der Waals surface area contributed by atoms with Gasteiger partial charge in [-0.2, -0.15) is 5.01 Å². The molecule has 4 amide bonds. The minimum absolute atomic E-state index is 0.0532. The number of hydrogen-bond acceptors (Lipinski definition) is 7. The Morgan fingerprint density at radius 2 is 1.54 bits per heavy atom. The maximum Gasteiger partial charge on any atom is 0.335 e. The molecule has 0 aromatic heterocycles. The number of carboxylic acids is 1. The van der Waals surface area contributed by atoms with Gasteiger partial charge in [0.1, 0.15) is 5.75 Å². The lowest BCUT2D eigenvalue weighted by atomic mass is 9.48. The predicted molar refractivity (Wildman–Crippen MR) is 200 cm³/mol. The second-order valence-electron chi connectivity index (χ2n) is 14.7. The first kappa shape index (κ1) is 33.3. The van der Waals surface area contributed by atoms with Gasteiger partial charge in [-0.3, -0.25) is 29.5 Å². The first-order valence-corrected chi connectivity index (χ1v) is 18.0. The Hall–Kier alpha value is -6.55. The first-order chi connectivity index (χ1) is 26.1. The van der Waals surface area contributed by atoms with Crippen LogP contribution in [0.2, 0.25) is 0 Å². The minimum atomic E-state index is -1.55. The van der Waals surface area contributed by atoms with Crippen LogP contribution in [0.5, 0.6) is 5.75 Å². The number of amides is 4. The monoisotopic (exact) mass is 717 g/mol. The van der Waals surface area contributed by atoms with Crippen molar-refractivity contribution in [1.82, 2.24) is 5.01 Å². The van der Waals surface area contributed by atoms with Gasteiger partial charge in [-0.15, -0.1) is 0 Å². The molecule has 4 aliphatic rings. The average Bonchev–Trinajstić information content (AvgIpc) is 3.57. The quantitative estimate of drug-likeness (QED) is 0.129. The van der Waals surface area contributed by atoms with Crippen molar-refractivity contribution in [3.05, 3.63) is 149 Å². The lowest BCUT2D eigenvalue weighted by Crippen LogP contribution is -2.53. The van der Waals surface area contributed by atoms with Crippen LogP contribution in [0.25, 0.3) is 10.8 Å². The van der Waals surface area contributed by atoms with Gasteiger partial charge in [-0.05, 0) is 78.4 Å². The molecule has 2 aliphatic heterocycles. The number of phenolic OH excluding ortho intramolecular Hbond substituents is 1. The number of rotatable bonds is 6. The fraction of sp³-hybridized carbons (Fsp3) is 0.205. The molecule has 0 spiro atoms. The molecule has 1 saturated carbocycles. The molecule has 3 N–H and O–H groups in total. The highest BCUT2D eigenvalue weighted by atomic mass is 16.4. The van der Waals surface area contributed by atoms with E-state index in [1.165, 1.54) is 18.2 Å². The maximum absolute atomic E-state index is 15.5. The van der Waals surface area contributed by atoms with E-state index in [4.69, 9.17) is 0 Å². The van der Waals surface area contributed by atoms with Crippen molar-refractivity contribution in [2.45, 2.75) is 31.1 Å². The van der Waals surface area contributed by atoms with Crippen LogP contribution in [-0.4, -0.2) is 44.8 Å². The number of imide groups is 2. The number of phenols is 1. The van der Waals surface area contributed by atoms with Crippen LogP contribution in [0.1, 0.15) is 45.8 Å². The Morgan fingerprint density at radius 1 is 0.796 bits per heavy atom. The standard InChI is InChI=1S/C44H35N3O7/c1-24-14-17-28(18-15-24)45-47-40(50)34-23-33-31(19-20-32-36(33)41(51)46(39(32)49)29-12-7-9-26(22-29)42(52)53)38(44(34,43(47)54)27-10-3-2-4-11-27)37-30-13-6-5-8-25(30)16-21-35(37)48/h2-19,21-22,32-34,36,38,45,48H,20,23H2,1H3,(H,52,53). The van der Waals surface area contributed by atoms with Gasteiger partial charge in [0.15, 0.2) is 0 Å². The summed E-state index contributed by atoms with van der Waals surface area (Å²) in [7, 11) is 0. The Labute approximate surface area is 310 Å². The zero-order chi connectivity index (χ0) is 37.5. The summed E-state index contributed by atoms with van der Waals surface area (Å²) in [6.45, 7) is 1.94. The Balaban J connectivity index is 1.27. The number of allylic oxidation sites excluding steroid dienone is 2. The molecule has 6 unspecified atom stereocenters. The van der Waals surface area contributed by atoms with Crippen LogP contribution >= 0.6 is 0 Å². The number of carboxylic acid groups (broad SMARTS) is 1. The fourth-order valence-corrected chi connectivity index (χ4v) is 9.68. The van der Waals surface area contributed by atoms with Crippen LogP contribution in [-0.2, 0) is 24.6 Å². The number of aromatic hydroxyl groups is 1. The summed E-state index contributed by atoms with van der Waals surface area (Å²) in [5.41, 5.74) is 4.99. The number of fused-ring (bicyclic) bond motifs is 5. The third-order valence-electron chi connectivity index (χ3n) is 12.0. The van der Waals surface area contributed by atoms with E-state index in [1.807, 2.05) is 85.8 Å². The van der Waals surface area contributed by atoms with Crippen LogP contribution in [0.15, 0.2) is 127 Å². The van der Waals surface area contributed by atoms with E-state index in [0.717, 1.165) is 20.9 Å². The number of carbonyl (C=O) groups is 5. The van der Waals surface area contributed by atoms with Crippen LogP contribution in [0, 0.1) is 30.6 Å². The van der Waals surface area contributed by atoms with Crippen molar-refractivity contribution < 1.29 is 34.2 Å². The molecule has 5 aromatic carbocycles. The van der Waals surface area contributed by atoms with E-state index in [0.29, 0.717) is 27.8 Å². The van der Waals surface area contributed by atoms with Crippen LogP contribution in [0.3, 0.4) is 0 Å². The SMILES string of the molecule is Cc1ccc(NN2C(=O)C3CC4C(=CCC5C(=O)N(c6cccc(C(=O)O)c6)C(=O)C54)C(c4c(O)ccc5ccccc45)C3(c3ccccc3)C2=O)cc1. The lowest BCUT2D eigenvalue weighted by Gasteiger charge is -2.51. The summed E-state index contributed by atoms with van der Waals surface area (Å²) in [5, 5.41) is 24.2. The normalized spacial score (nSPS) is 26.0. The first-order valence-electron chi connectivity index (χ1n) is 18.0. The van der Waals surface area contributed by atoms with E-state index < -0.39 is 64.6 Å². The Kier molecular flexibility index (Phi) is 7.56. The predicted octanol–water partition coefficient (Wildman–Crippen LogP) is 6.74. The maximum atomic E-state index is 15.5. The Morgan fingerprint density at radius 3 is 2.30 bits per heavy atom. The highest BCUT2D eigenvalue weighted by Crippen LogP contribution is 2.65. The summed E-state index contributed by atoms with van der Waals surface area (Å²) >= 11 is 0. The number of hydrogen-bond donors (Lipinski definition) is 3. The van der Waals surface area contributed by atoms with E-state index in [-0.39, 0.29) is 29.8 Å². The molecule has 2 aliphatic carbocycles. The van der Waals surface area contributed by atoms with E-state index >= 15 is 4.79 Å². The van der Waals surface area contributed by atoms with Gasteiger partial charge < -0.3 is 10.2 Å².